The van der Waals surface area contributed by atoms with Crippen molar-refractivity contribution in [3.8, 4) is 0 Å². The lowest BCUT2D eigenvalue weighted by molar-refractivity contribution is 0.367. The Labute approximate surface area is 106 Å². The third-order valence-corrected chi connectivity index (χ3v) is 4.34. The topological polar surface area (TPSA) is 38.0 Å². The SMILES string of the molecule is Nc1cc(F)ccc1SCCC1CCNCC1. The molecule has 4 heteroatoms. The van der Waals surface area contributed by atoms with Crippen molar-refractivity contribution in [3.05, 3.63) is 24.0 Å². The van der Waals surface area contributed by atoms with Gasteiger partial charge in [0.05, 0.1) is 0 Å². The van der Waals surface area contributed by atoms with E-state index in [0.29, 0.717) is 5.69 Å². The molecular formula is C13H19FN2S. The maximum Gasteiger partial charge on any atom is 0.125 e. The number of anilines is 1. The van der Waals surface area contributed by atoms with E-state index in [-0.39, 0.29) is 5.82 Å². The summed E-state index contributed by atoms with van der Waals surface area (Å²) in [6.45, 7) is 2.29. The number of halogens is 1. The van der Waals surface area contributed by atoms with Crippen molar-refractivity contribution in [1.29, 1.82) is 0 Å². The summed E-state index contributed by atoms with van der Waals surface area (Å²) >= 11 is 1.74. The molecule has 3 N–H and O–H groups in total. The largest absolute Gasteiger partial charge is 0.398 e. The number of benzene rings is 1. The molecule has 0 atom stereocenters. The minimum atomic E-state index is -0.259. The van der Waals surface area contributed by atoms with Crippen molar-refractivity contribution in [2.45, 2.75) is 24.2 Å². The van der Waals surface area contributed by atoms with Crippen LogP contribution < -0.4 is 11.1 Å². The maximum atomic E-state index is 12.9. The first-order valence-electron chi connectivity index (χ1n) is 6.14. The Balaban J connectivity index is 1.77. The Bertz CT molecular complexity index is 364. The number of hydrogen-bond donors (Lipinski definition) is 2. The highest BCUT2D eigenvalue weighted by atomic mass is 32.2. The molecular weight excluding hydrogens is 235 g/mol. The zero-order valence-corrected chi connectivity index (χ0v) is 10.7. The van der Waals surface area contributed by atoms with Crippen LogP contribution in [0.1, 0.15) is 19.3 Å². The van der Waals surface area contributed by atoms with Crippen LogP contribution in [0.2, 0.25) is 0 Å². The van der Waals surface area contributed by atoms with Crippen molar-refractivity contribution in [2.75, 3.05) is 24.6 Å². The van der Waals surface area contributed by atoms with E-state index in [1.54, 1.807) is 17.8 Å². The van der Waals surface area contributed by atoms with Crippen LogP contribution in [-0.4, -0.2) is 18.8 Å². The molecule has 0 aliphatic carbocycles. The highest BCUT2D eigenvalue weighted by Crippen LogP contribution is 2.28. The minimum absolute atomic E-state index is 0.259. The summed E-state index contributed by atoms with van der Waals surface area (Å²) in [4.78, 5) is 1.00. The van der Waals surface area contributed by atoms with Gasteiger partial charge in [-0.15, -0.1) is 11.8 Å². The molecule has 0 bridgehead atoms. The fourth-order valence-corrected chi connectivity index (χ4v) is 3.22. The second-order valence-corrected chi connectivity index (χ2v) is 5.65. The molecule has 0 unspecified atom stereocenters. The summed E-state index contributed by atoms with van der Waals surface area (Å²) in [5.41, 5.74) is 6.33. The molecule has 0 radical (unpaired) electrons. The van der Waals surface area contributed by atoms with Crippen molar-refractivity contribution >= 4 is 17.4 Å². The Morgan fingerprint density at radius 3 is 2.82 bits per heavy atom. The standard InChI is InChI=1S/C13H19FN2S/c14-11-1-2-13(12(15)9-11)17-8-5-10-3-6-16-7-4-10/h1-2,9-10,16H,3-8,15H2. The third-order valence-electron chi connectivity index (χ3n) is 3.21. The van der Waals surface area contributed by atoms with Crippen molar-refractivity contribution < 1.29 is 4.39 Å². The molecule has 1 aromatic carbocycles. The van der Waals surface area contributed by atoms with Gasteiger partial charge in [0.2, 0.25) is 0 Å². The number of thioether (sulfide) groups is 1. The third kappa shape index (κ3) is 3.89. The summed E-state index contributed by atoms with van der Waals surface area (Å²) in [6, 6.07) is 4.65. The molecule has 0 aromatic heterocycles. The summed E-state index contributed by atoms with van der Waals surface area (Å²) in [5, 5.41) is 3.37. The minimum Gasteiger partial charge on any atom is -0.398 e. The van der Waals surface area contributed by atoms with E-state index in [0.717, 1.165) is 29.7 Å². The fourth-order valence-electron chi connectivity index (χ4n) is 2.16. The molecule has 2 nitrogen and oxygen atoms in total. The summed E-state index contributed by atoms with van der Waals surface area (Å²) in [5.74, 6) is 1.65. The first-order valence-corrected chi connectivity index (χ1v) is 7.13. The molecule has 0 spiro atoms. The Morgan fingerprint density at radius 1 is 1.35 bits per heavy atom. The van der Waals surface area contributed by atoms with Gasteiger partial charge in [-0.1, -0.05) is 0 Å². The van der Waals surface area contributed by atoms with E-state index in [1.807, 2.05) is 0 Å². The van der Waals surface area contributed by atoms with E-state index in [9.17, 15) is 4.39 Å². The summed E-state index contributed by atoms with van der Waals surface area (Å²) in [7, 11) is 0. The number of nitrogen functional groups attached to an aromatic ring is 1. The molecule has 1 fully saturated rings. The van der Waals surface area contributed by atoms with Crippen LogP contribution >= 0.6 is 11.8 Å². The van der Waals surface area contributed by atoms with Crippen molar-refractivity contribution in [2.24, 2.45) is 5.92 Å². The lowest BCUT2D eigenvalue weighted by Gasteiger charge is -2.22. The van der Waals surface area contributed by atoms with Crippen molar-refractivity contribution in [1.82, 2.24) is 5.32 Å². The van der Waals surface area contributed by atoms with Crippen LogP contribution in [0.15, 0.2) is 23.1 Å². The monoisotopic (exact) mass is 254 g/mol. The maximum absolute atomic E-state index is 12.9. The number of nitrogens with two attached hydrogens (primary N) is 1. The molecule has 1 saturated heterocycles. The Hall–Kier alpha value is -0.740. The first-order chi connectivity index (χ1) is 8.25. The quantitative estimate of drug-likeness (QED) is 0.641. The summed E-state index contributed by atoms with van der Waals surface area (Å²) < 4.78 is 12.9. The van der Waals surface area contributed by atoms with Gasteiger partial charge >= 0.3 is 0 Å². The number of rotatable bonds is 4. The van der Waals surface area contributed by atoms with E-state index >= 15 is 0 Å². The normalized spacial score (nSPS) is 17.2. The summed E-state index contributed by atoms with van der Waals surface area (Å²) in [6.07, 6.45) is 3.78. The zero-order chi connectivity index (χ0) is 12.1. The average molecular weight is 254 g/mol. The molecule has 94 valence electrons. The Kier molecular flexibility index (Phi) is 4.68. The predicted molar refractivity (Wildman–Crippen MR) is 71.7 cm³/mol. The number of hydrogen-bond acceptors (Lipinski definition) is 3. The van der Waals surface area contributed by atoms with Crippen LogP contribution in [0.4, 0.5) is 10.1 Å². The van der Waals surface area contributed by atoms with Gasteiger partial charge in [0, 0.05) is 10.6 Å². The van der Waals surface area contributed by atoms with Crippen LogP contribution in [0, 0.1) is 11.7 Å². The second-order valence-electron chi connectivity index (χ2n) is 4.51. The van der Waals surface area contributed by atoms with Gasteiger partial charge in [-0.2, -0.15) is 0 Å². The van der Waals surface area contributed by atoms with Gasteiger partial charge in [-0.3, -0.25) is 0 Å². The lowest BCUT2D eigenvalue weighted by atomic mass is 9.96. The predicted octanol–water partition coefficient (Wildman–Crippen LogP) is 2.89. The smallest absolute Gasteiger partial charge is 0.125 e. The average Bonchev–Trinajstić information content (AvgIpc) is 2.33. The number of nitrogens with one attached hydrogen (secondary N) is 1. The van der Waals surface area contributed by atoms with Gasteiger partial charge in [-0.05, 0) is 62.2 Å². The molecule has 1 heterocycles. The van der Waals surface area contributed by atoms with Crippen LogP contribution in [0.5, 0.6) is 0 Å². The molecule has 1 aromatic rings. The van der Waals surface area contributed by atoms with Gasteiger partial charge in [0.1, 0.15) is 5.82 Å². The van der Waals surface area contributed by atoms with Gasteiger partial charge in [0.25, 0.3) is 0 Å². The molecule has 2 rings (SSSR count). The first kappa shape index (κ1) is 12.7. The number of piperidine rings is 1. The fraction of sp³-hybridized carbons (Fsp3) is 0.538. The molecule has 1 aliphatic heterocycles. The molecule has 1 aliphatic rings. The van der Waals surface area contributed by atoms with E-state index in [1.165, 1.54) is 31.4 Å². The van der Waals surface area contributed by atoms with E-state index in [2.05, 4.69) is 5.32 Å². The highest BCUT2D eigenvalue weighted by molar-refractivity contribution is 7.99. The van der Waals surface area contributed by atoms with Gasteiger partial charge in [-0.25, -0.2) is 4.39 Å². The van der Waals surface area contributed by atoms with E-state index < -0.39 is 0 Å². The lowest BCUT2D eigenvalue weighted by Crippen LogP contribution is -2.27. The van der Waals surface area contributed by atoms with Crippen LogP contribution in [0.3, 0.4) is 0 Å². The molecule has 0 saturated carbocycles. The van der Waals surface area contributed by atoms with Gasteiger partial charge < -0.3 is 11.1 Å². The van der Waals surface area contributed by atoms with Crippen LogP contribution in [0.25, 0.3) is 0 Å². The second kappa shape index (κ2) is 6.26. The molecule has 17 heavy (non-hydrogen) atoms. The van der Waals surface area contributed by atoms with Crippen LogP contribution in [-0.2, 0) is 0 Å². The van der Waals surface area contributed by atoms with E-state index in [4.69, 9.17) is 5.73 Å². The van der Waals surface area contributed by atoms with Gasteiger partial charge in [0.15, 0.2) is 0 Å². The molecule has 0 amide bonds. The highest BCUT2D eigenvalue weighted by Gasteiger charge is 2.12. The van der Waals surface area contributed by atoms with Crippen molar-refractivity contribution in [3.63, 3.8) is 0 Å². The zero-order valence-electron chi connectivity index (χ0n) is 9.92. The Morgan fingerprint density at radius 2 is 2.12 bits per heavy atom.